The van der Waals surface area contributed by atoms with E-state index < -0.39 is 0 Å². The summed E-state index contributed by atoms with van der Waals surface area (Å²) in [6.45, 7) is 7.93. The Labute approximate surface area is 86.1 Å². The SMILES string of the molecule is CC(N)C(=O)N1CC(C(C)C)C1.Cl. The van der Waals surface area contributed by atoms with Gasteiger partial charge in [-0.1, -0.05) is 13.8 Å². The van der Waals surface area contributed by atoms with Crippen LogP contribution >= 0.6 is 12.4 Å². The molecule has 3 nitrogen and oxygen atoms in total. The molecule has 13 heavy (non-hydrogen) atoms. The van der Waals surface area contributed by atoms with Crippen LogP contribution in [-0.4, -0.2) is 29.9 Å². The third-order valence-corrected chi connectivity index (χ3v) is 2.55. The molecule has 0 bridgehead atoms. The summed E-state index contributed by atoms with van der Waals surface area (Å²) in [6.07, 6.45) is 0. The fourth-order valence-electron chi connectivity index (χ4n) is 1.40. The predicted molar refractivity (Wildman–Crippen MR) is 55.8 cm³/mol. The first-order valence-electron chi connectivity index (χ1n) is 4.56. The standard InChI is InChI=1S/C9H18N2O.ClH/c1-6(2)8-4-11(5-8)9(12)7(3)10;/h6-8H,4-5,10H2,1-3H3;1H. The molecule has 1 saturated heterocycles. The van der Waals surface area contributed by atoms with E-state index in [-0.39, 0.29) is 24.4 Å². The van der Waals surface area contributed by atoms with Gasteiger partial charge in [-0.3, -0.25) is 4.79 Å². The molecule has 1 amide bonds. The fraction of sp³-hybridized carbons (Fsp3) is 0.889. The zero-order valence-corrected chi connectivity index (χ0v) is 9.30. The van der Waals surface area contributed by atoms with Gasteiger partial charge in [-0.25, -0.2) is 0 Å². The molecule has 1 aliphatic rings. The molecule has 78 valence electrons. The number of carbonyl (C=O) groups is 1. The van der Waals surface area contributed by atoms with E-state index in [2.05, 4.69) is 13.8 Å². The Morgan fingerprint density at radius 1 is 1.38 bits per heavy atom. The van der Waals surface area contributed by atoms with E-state index in [0.29, 0.717) is 11.8 Å². The van der Waals surface area contributed by atoms with Crippen LogP contribution in [0.5, 0.6) is 0 Å². The van der Waals surface area contributed by atoms with Crippen LogP contribution in [0.2, 0.25) is 0 Å². The van der Waals surface area contributed by atoms with Gasteiger partial charge in [0.25, 0.3) is 0 Å². The second-order valence-electron chi connectivity index (χ2n) is 4.04. The predicted octanol–water partition coefficient (Wildman–Crippen LogP) is 0.870. The molecule has 0 aromatic heterocycles. The van der Waals surface area contributed by atoms with Crippen LogP contribution < -0.4 is 5.73 Å². The highest BCUT2D eigenvalue weighted by atomic mass is 35.5. The fourth-order valence-corrected chi connectivity index (χ4v) is 1.40. The number of amides is 1. The van der Waals surface area contributed by atoms with Gasteiger partial charge in [0.05, 0.1) is 6.04 Å². The van der Waals surface area contributed by atoms with Crippen molar-refractivity contribution in [3.8, 4) is 0 Å². The van der Waals surface area contributed by atoms with Gasteiger partial charge in [-0.15, -0.1) is 12.4 Å². The first kappa shape index (κ1) is 12.7. The van der Waals surface area contributed by atoms with E-state index >= 15 is 0 Å². The minimum absolute atomic E-state index is 0. The summed E-state index contributed by atoms with van der Waals surface area (Å²) in [4.78, 5) is 13.1. The molecule has 0 saturated carbocycles. The van der Waals surface area contributed by atoms with E-state index in [1.807, 2.05) is 4.90 Å². The minimum Gasteiger partial charge on any atom is -0.341 e. The van der Waals surface area contributed by atoms with E-state index in [9.17, 15) is 4.79 Å². The molecule has 1 heterocycles. The number of hydrogen-bond donors (Lipinski definition) is 1. The number of rotatable bonds is 2. The van der Waals surface area contributed by atoms with Crippen molar-refractivity contribution in [3.63, 3.8) is 0 Å². The molecule has 0 radical (unpaired) electrons. The zero-order chi connectivity index (χ0) is 9.30. The van der Waals surface area contributed by atoms with Gasteiger partial charge in [0, 0.05) is 13.1 Å². The average molecular weight is 207 g/mol. The topological polar surface area (TPSA) is 46.3 Å². The van der Waals surface area contributed by atoms with E-state index in [0.717, 1.165) is 13.1 Å². The third kappa shape index (κ3) is 2.85. The van der Waals surface area contributed by atoms with Gasteiger partial charge in [-0.2, -0.15) is 0 Å². The lowest BCUT2D eigenvalue weighted by Gasteiger charge is -2.42. The Kier molecular flexibility index (Phi) is 4.71. The molecule has 1 unspecified atom stereocenters. The number of nitrogens with two attached hydrogens (primary N) is 1. The maximum absolute atomic E-state index is 11.3. The minimum atomic E-state index is -0.335. The van der Waals surface area contributed by atoms with Crippen LogP contribution in [0.1, 0.15) is 20.8 Å². The number of carbonyl (C=O) groups excluding carboxylic acids is 1. The van der Waals surface area contributed by atoms with Gasteiger partial charge in [0.2, 0.25) is 5.91 Å². The first-order valence-corrected chi connectivity index (χ1v) is 4.56. The summed E-state index contributed by atoms with van der Waals surface area (Å²) < 4.78 is 0. The summed E-state index contributed by atoms with van der Waals surface area (Å²) in [5, 5.41) is 0. The number of halogens is 1. The van der Waals surface area contributed by atoms with Gasteiger partial charge < -0.3 is 10.6 Å². The van der Waals surface area contributed by atoms with Gasteiger partial charge in [0.1, 0.15) is 0 Å². The van der Waals surface area contributed by atoms with Crippen LogP contribution in [0.15, 0.2) is 0 Å². The molecule has 2 N–H and O–H groups in total. The lowest BCUT2D eigenvalue weighted by molar-refractivity contribution is -0.139. The molecule has 1 atom stereocenters. The highest BCUT2D eigenvalue weighted by Gasteiger charge is 2.33. The van der Waals surface area contributed by atoms with E-state index in [1.165, 1.54) is 0 Å². The second kappa shape index (κ2) is 4.82. The molecule has 0 aromatic carbocycles. The maximum Gasteiger partial charge on any atom is 0.239 e. The molecule has 0 aromatic rings. The summed E-state index contributed by atoms with van der Waals surface area (Å²) in [5.74, 6) is 1.46. The van der Waals surface area contributed by atoms with E-state index in [4.69, 9.17) is 5.73 Å². The molecule has 1 fully saturated rings. The molecular formula is C9H19ClN2O. The monoisotopic (exact) mass is 206 g/mol. The third-order valence-electron chi connectivity index (χ3n) is 2.55. The lowest BCUT2D eigenvalue weighted by atomic mass is 9.88. The molecular weight excluding hydrogens is 188 g/mol. The van der Waals surface area contributed by atoms with Crippen LogP contribution in [0.3, 0.4) is 0 Å². The molecule has 1 aliphatic heterocycles. The van der Waals surface area contributed by atoms with Crippen LogP contribution in [0, 0.1) is 11.8 Å². The summed E-state index contributed by atoms with van der Waals surface area (Å²) in [6, 6.07) is -0.335. The smallest absolute Gasteiger partial charge is 0.239 e. The largest absolute Gasteiger partial charge is 0.341 e. The van der Waals surface area contributed by atoms with Crippen LogP contribution in [0.4, 0.5) is 0 Å². The van der Waals surface area contributed by atoms with Crippen molar-refractivity contribution in [2.24, 2.45) is 17.6 Å². The quantitative estimate of drug-likeness (QED) is 0.729. The van der Waals surface area contributed by atoms with Gasteiger partial charge in [0.15, 0.2) is 0 Å². The molecule has 1 rings (SSSR count). The highest BCUT2D eigenvalue weighted by molar-refractivity contribution is 5.85. The number of likely N-dealkylation sites (tertiary alicyclic amines) is 1. The van der Waals surface area contributed by atoms with Crippen molar-refractivity contribution in [1.29, 1.82) is 0 Å². The van der Waals surface area contributed by atoms with Crippen LogP contribution in [-0.2, 0) is 4.79 Å². The van der Waals surface area contributed by atoms with Crippen molar-refractivity contribution in [1.82, 2.24) is 4.90 Å². The van der Waals surface area contributed by atoms with Crippen molar-refractivity contribution in [2.75, 3.05) is 13.1 Å². The Bertz CT molecular complexity index is 176. The molecule has 0 aliphatic carbocycles. The Morgan fingerprint density at radius 3 is 2.15 bits per heavy atom. The maximum atomic E-state index is 11.3. The van der Waals surface area contributed by atoms with Crippen molar-refractivity contribution < 1.29 is 4.79 Å². The molecule has 0 spiro atoms. The summed E-state index contributed by atoms with van der Waals surface area (Å²) in [7, 11) is 0. The normalized spacial score (nSPS) is 19.3. The van der Waals surface area contributed by atoms with Crippen molar-refractivity contribution >= 4 is 18.3 Å². The molecule has 4 heteroatoms. The van der Waals surface area contributed by atoms with Gasteiger partial charge in [-0.05, 0) is 18.8 Å². The average Bonchev–Trinajstić information content (AvgIpc) is 1.82. The van der Waals surface area contributed by atoms with Gasteiger partial charge >= 0.3 is 0 Å². The highest BCUT2D eigenvalue weighted by Crippen LogP contribution is 2.23. The Hall–Kier alpha value is -0.280. The summed E-state index contributed by atoms with van der Waals surface area (Å²) >= 11 is 0. The Morgan fingerprint density at radius 2 is 1.85 bits per heavy atom. The van der Waals surface area contributed by atoms with Crippen molar-refractivity contribution in [3.05, 3.63) is 0 Å². The lowest BCUT2D eigenvalue weighted by Crippen LogP contribution is -2.55. The number of nitrogens with zero attached hydrogens (tertiary/aromatic N) is 1. The first-order chi connectivity index (χ1) is 5.52. The summed E-state index contributed by atoms with van der Waals surface area (Å²) in [5.41, 5.74) is 5.48. The van der Waals surface area contributed by atoms with E-state index in [1.54, 1.807) is 6.92 Å². The van der Waals surface area contributed by atoms with Crippen molar-refractivity contribution in [2.45, 2.75) is 26.8 Å². The zero-order valence-electron chi connectivity index (χ0n) is 8.49. The second-order valence-corrected chi connectivity index (χ2v) is 4.04. The Balaban J connectivity index is 0.00000144. The van der Waals surface area contributed by atoms with Crippen LogP contribution in [0.25, 0.3) is 0 Å². The number of hydrogen-bond acceptors (Lipinski definition) is 2.